The van der Waals surface area contributed by atoms with Gasteiger partial charge in [-0.05, 0) is 44.0 Å². The van der Waals surface area contributed by atoms with Crippen molar-refractivity contribution < 1.29 is 9.53 Å². The van der Waals surface area contributed by atoms with Crippen molar-refractivity contribution in [2.75, 3.05) is 19.7 Å². The Morgan fingerprint density at radius 1 is 1.43 bits per heavy atom. The Labute approximate surface area is 131 Å². The molecule has 0 radical (unpaired) electrons. The van der Waals surface area contributed by atoms with Crippen LogP contribution >= 0.6 is 11.6 Å². The first kappa shape index (κ1) is 16.1. The first-order valence-electron chi connectivity index (χ1n) is 7.57. The van der Waals surface area contributed by atoms with Gasteiger partial charge in [-0.15, -0.1) is 0 Å². The fourth-order valence-corrected chi connectivity index (χ4v) is 2.55. The van der Waals surface area contributed by atoms with Crippen molar-refractivity contribution in [2.45, 2.75) is 39.3 Å². The Balaban J connectivity index is 1.88. The minimum Gasteiger partial charge on any atom is -0.482 e. The molecular weight excluding hydrogens is 288 g/mol. The lowest BCUT2D eigenvalue weighted by atomic mass is 10.2. The van der Waals surface area contributed by atoms with Gasteiger partial charge in [-0.25, -0.2) is 0 Å². The number of nitrogens with zero attached hydrogens (tertiary/aromatic N) is 1. The molecule has 2 rings (SSSR count). The van der Waals surface area contributed by atoms with Crippen LogP contribution in [0.3, 0.4) is 0 Å². The average Bonchev–Trinajstić information content (AvgIpc) is 3.29. The number of rotatable bonds is 8. The summed E-state index contributed by atoms with van der Waals surface area (Å²) in [7, 11) is 0. The lowest BCUT2D eigenvalue weighted by Gasteiger charge is -2.20. The number of hydrogen-bond acceptors (Lipinski definition) is 3. The summed E-state index contributed by atoms with van der Waals surface area (Å²) in [5, 5.41) is 3.79. The third-order valence-electron chi connectivity index (χ3n) is 3.58. The van der Waals surface area contributed by atoms with E-state index in [0.29, 0.717) is 16.8 Å². The highest BCUT2D eigenvalue weighted by molar-refractivity contribution is 6.32. The Morgan fingerprint density at radius 2 is 2.19 bits per heavy atom. The second kappa shape index (κ2) is 7.66. The summed E-state index contributed by atoms with van der Waals surface area (Å²) in [4.78, 5) is 14.0. The van der Waals surface area contributed by atoms with Crippen LogP contribution in [0.4, 0.5) is 0 Å². The molecule has 0 aliphatic heterocycles. The predicted molar refractivity (Wildman–Crippen MR) is 84.7 cm³/mol. The average molecular weight is 311 g/mol. The zero-order chi connectivity index (χ0) is 15.2. The smallest absolute Gasteiger partial charge is 0.260 e. The molecule has 1 N–H and O–H groups in total. The van der Waals surface area contributed by atoms with Crippen molar-refractivity contribution in [1.29, 1.82) is 0 Å². The van der Waals surface area contributed by atoms with Crippen LogP contribution in [0.1, 0.15) is 32.3 Å². The molecule has 0 unspecified atom stereocenters. The van der Waals surface area contributed by atoms with Crippen molar-refractivity contribution in [3.8, 4) is 5.75 Å². The first-order valence-corrected chi connectivity index (χ1v) is 7.94. The van der Waals surface area contributed by atoms with E-state index in [-0.39, 0.29) is 12.5 Å². The highest BCUT2D eigenvalue weighted by atomic mass is 35.5. The van der Waals surface area contributed by atoms with Gasteiger partial charge >= 0.3 is 0 Å². The summed E-state index contributed by atoms with van der Waals surface area (Å²) >= 11 is 6.20. The van der Waals surface area contributed by atoms with E-state index in [0.717, 1.165) is 38.0 Å². The van der Waals surface area contributed by atoms with Gasteiger partial charge in [-0.1, -0.05) is 24.6 Å². The molecular formula is C16H23ClN2O2. The number of benzene rings is 1. The molecule has 5 heteroatoms. The summed E-state index contributed by atoms with van der Waals surface area (Å²) in [5.74, 6) is 0.602. The van der Waals surface area contributed by atoms with E-state index in [9.17, 15) is 4.79 Å². The van der Waals surface area contributed by atoms with E-state index in [1.807, 2.05) is 30.0 Å². The maximum atomic E-state index is 12.1. The molecule has 1 saturated carbocycles. The minimum atomic E-state index is 0.0350. The SMILES string of the molecule is CCNCc1ccc(OCC(=O)N(CC)C2CC2)c(Cl)c1. The van der Waals surface area contributed by atoms with Crippen LogP contribution in [0.5, 0.6) is 5.75 Å². The van der Waals surface area contributed by atoms with Gasteiger partial charge in [0.15, 0.2) is 6.61 Å². The van der Waals surface area contributed by atoms with Crippen LogP contribution in [0, 0.1) is 0 Å². The van der Waals surface area contributed by atoms with E-state index < -0.39 is 0 Å². The van der Waals surface area contributed by atoms with Crippen molar-refractivity contribution >= 4 is 17.5 Å². The second-order valence-electron chi connectivity index (χ2n) is 5.24. The van der Waals surface area contributed by atoms with Gasteiger partial charge < -0.3 is 15.0 Å². The molecule has 1 aliphatic rings. The fraction of sp³-hybridized carbons (Fsp3) is 0.562. The number of likely N-dealkylation sites (N-methyl/N-ethyl adjacent to an activating group) is 1. The van der Waals surface area contributed by atoms with Gasteiger partial charge in [0.2, 0.25) is 0 Å². The molecule has 1 amide bonds. The molecule has 0 spiro atoms. The zero-order valence-electron chi connectivity index (χ0n) is 12.7. The van der Waals surface area contributed by atoms with Crippen molar-refractivity contribution in [3.05, 3.63) is 28.8 Å². The number of amides is 1. The fourth-order valence-electron chi connectivity index (χ4n) is 2.29. The van der Waals surface area contributed by atoms with Crippen LogP contribution < -0.4 is 10.1 Å². The molecule has 1 fully saturated rings. The van der Waals surface area contributed by atoms with Crippen LogP contribution in [0.15, 0.2) is 18.2 Å². The number of carbonyl (C=O) groups is 1. The van der Waals surface area contributed by atoms with Gasteiger partial charge in [0, 0.05) is 19.1 Å². The summed E-state index contributed by atoms with van der Waals surface area (Å²) < 4.78 is 5.58. The van der Waals surface area contributed by atoms with Crippen LogP contribution in [0.25, 0.3) is 0 Å². The zero-order valence-corrected chi connectivity index (χ0v) is 13.4. The lowest BCUT2D eigenvalue weighted by molar-refractivity contribution is -0.133. The Morgan fingerprint density at radius 3 is 2.76 bits per heavy atom. The quantitative estimate of drug-likeness (QED) is 0.803. The molecule has 1 aliphatic carbocycles. The molecule has 0 saturated heterocycles. The molecule has 0 bridgehead atoms. The molecule has 4 nitrogen and oxygen atoms in total. The summed E-state index contributed by atoms with van der Waals surface area (Å²) in [6.45, 7) is 6.54. The number of nitrogens with one attached hydrogen (secondary N) is 1. The highest BCUT2D eigenvalue weighted by Gasteiger charge is 2.31. The van der Waals surface area contributed by atoms with E-state index in [4.69, 9.17) is 16.3 Å². The molecule has 21 heavy (non-hydrogen) atoms. The summed E-state index contributed by atoms with van der Waals surface area (Å²) in [5.41, 5.74) is 1.11. The first-order chi connectivity index (χ1) is 10.2. The number of carbonyl (C=O) groups excluding carboxylic acids is 1. The molecule has 1 aromatic carbocycles. The number of halogens is 1. The maximum Gasteiger partial charge on any atom is 0.260 e. The third kappa shape index (κ3) is 4.61. The van der Waals surface area contributed by atoms with Crippen LogP contribution in [0.2, 0.25) is 5.02 Å². The van der Waals surface area contributed by atoms with E-state index >= 15 is 0 Å². The predicted octanol–water partition coefficient (Wildman–Crippen LogP) is 2.84. The summed E-state index contributed by atoms with van der Waals surface area (Å²) in [6.07, 6.45) is 2.22. The van der Waals surface area contributed by atoms with Gasteiger partial charge in [-0.2, -0.15) is 0 Å². The van der Waals surface area contributed by atoms with Crippen LogP contribution in [-0.4, -0.2) is 36.5 Å². The molecule has 0 atom stereocenters. The van der Waals surface area contributed by atoms with Gasteiger partial charge in [-0.3, -0.25) is 4.79 Å². The van der Waals surface area contributed by atoms with E-state index in [1.54, 1.807) is 0 Å². The van der Waals surface area contributed by atoms with Gasteiger partial charge in [0.1, 0.15) is 5.75 Å². The van der Waals surface area contributed by atoms with Crippen LogP contribution in [-0.2, 0) is 11.3 Å². The lowest BCUT2D eigenvalue weighted by Crippen LogP contribution is -2.36. The minimum absolute atomic E-state index is 0.0350. The van der Waals surface area contributed by atoms with Crippen molar-refractivity contribution in [1.82, 2.24) is 10.2 Å². The van der Waals surface area contributed by atoms with Gasteiger partial charge in [0.05, 0.1) is 5.02 Å². The maximum absolute atomic E-state index is 12.1. The number of hydrogen-bond donors (Lipinski definition) is 1. The molecule has 1 aromatic rings. The van der Waals surface area contributed by atoms with Gasteiger partial charge in [0.25, 0.3) is 5.91 Å². The Kier molecular flexibility index (Phi) is 5.88. The third-order valence-corrected chi connectivity index (χ3v) is 3.87. The Bertz CT molecular complexity index is 489. The van der Waals surface area contributed by atoms with E-state index in [1.165, 1.54) is 0 Å². The van der Waals surface area contributed by atoms with Crippen molar-refractivity contribution in [2.24, 2.45) is 0 Å². The molecule has 116 valence electrons. The van der Waals surface area contributed by atoms with Crippen molar-refractivity contribution in [3.63, 3.8) is 0 Å². The highest BCUT2D eigenvalue weighted by Crippen LogP contribution is 2.28. The largest absolute Gasteiger partial charge is 0.482 e. The topological polar surface area (TPSA) is 41.6 Å². The standard InChI is InChI=1S/C16H23ClN2O2/c1-3-18-10-12-5-8-15(14(17)9-12)21-11-16(20)19(4-2)13-6-7-13/h5,8-9,13,18H,3-4,6-7,10-11H2,1-2H3. The summed E-state index contributed by atoms with van der Waals surface area (Å²) in [6, 6.07) is 6.09. The number of ether oxygens (including phenoxy) is 1. The Hall–Kier alpha value is -1.26. The van der Waals surface area contributed by atoms with E-state index in [2.05, 4.69) is 12.2 Å². The molecule has 0 heterocycles. The second-order valence-corrected chi connectivity index (χ2v) is 5.65. The monoisotopic (exact) mass is 310 g/mol. The normalized spacial score (nSPS) is 14.0. The molecule has 0 aromatic heterocycles.